The molecule has 3 nitrogen and oxygen atoms in total. The highest BCUT2D eigenvalue weighted by atomic mass is 35.5. The van der Waals surface area contributed by atoms with Crippen LogP contribution in [0, 0.1) is 0 Å². The lowest BCUT2D eigenvalue weighted by Crippen LogP contribution is -2.09. The molecule has 17 heavy (non-hydrogen) atoms. The van der Waals surface area contributed by atoms with Gasteiger partial charge in [0.15, 0.2) is 0 Å². The van der Waals surface area contributed by atoms with Gasteiger partial charge in [-0.15, -0.1) is 0 Å². The first-order valence-electron chi connectivity index (χ1n) is 5.55. The van der Waals surface area contributed by atoms with Gasteiger partial charge in [-0.3, -0.25) is 0 Å². The van der Waals surface area contributed by atoms with Crippen molar-refractivity contribution in [3.63, 3.8) is 0 Å². The van der Waals surface area contributed by atoms with Gasteiger partial charge < -0.3 is 9.67 Å². The second-order valence-corrected chi connectivity index (χ2v) is 4.71. The normalized spacial score (nSPS) is 13.0. The van der Waals surface area contributed by atoms with Crippen molar-refractivity contribution < 1.29 is 5.11 Å². The number of rotatable bonds is 3. The summed E-state index contributed by atoms with van der Waals surface area (Å²) in [5.41, 5.74) is 1.61. The molecule has 0 saturated heterocycles. The van der Waals surface area contributed by atoms with Crippen LogP contribution in [-0.2, 0) is 0 Å². The average Bonchev–Trinajstić information content (AvgIpc) is 2.78. The van der Waals surface area contributed by atoms with E-state index >= 15 is 0 Å². The second kappa shape index (κ2) is 4.90. The van der Waals surface area contributed by atoms with Crippen LogP contribution in [0.3, 0.4) is 0 Å². The molecule has 4 heteroatoms. The lowest BCUT2D eigenvalue weighted by molar-refractivity contribution is 0.208. The summed E-state index contributed by atoms with van der Waals surface area (Å²) in [5, 5.41) is 11.0. The van der Waals surface area contributed by atoms with Crippen LogP contribution in [0.15, 0.2) is 36.8 Å². The molecule has 0 saturated carbocycles. The smallest absolute Gasteiger partial charge is 0.121 e. The van der Waals surface area contributed by atoms with Crippen molar-refractivity contribution in [2.24, 2.45) is 0 Å². The fourth-order valence-electron chi connectivity index (χ4n) is 1.77. The van der Waals surface area contributed by atoms with Gasteiger partial charge in [-0.05, 0) is 31.5 Å². The third kappa shape index (κ3) is 2.51. The molecule has 0 aliphatic rings. The van der Waals surface area contributed by atoms with Gasteiger partial charge in [0.1, 0.15) is 6.10 Å². The van der Waals surface area contributed by atoms with Crippen LogP contribution in [0.1, 0.15) is 37.3 Å². The van der Waals surface area contributed by atoms with Crippen LogP contribution in [0.2, 0.25) is 5.02 Å². The molecule has 2 aromatic rings. The number of imidazole rings is 1. The SMILES string of the molecule is CC(C)n1cncc1C(O)c1ccc(Cl)cc1. The summed E-state index contributed by atoms with van der Waals surface area (Å²) in [4.78, 5) is 4.08. The van der Waals surface area contributed by atoms with Gasteiger partial charge in [0, 0.05) is 11.1 Å². The highest BCUT2D eigenvalue weighted by Gasteiger charge is 2.16. The highest BCUT2D eigenvalue weighted by molar-refractivity contribution is 6.30. The van der Waals surface area contributed by atoms with E-state index in [2.05, 4.69) is 18.8 Å². The third-order valence-corrected chi connectivity index (χ3v) is 2.97. The Morgan fingerprint density at radius 1 is 1.24 bits per heavy atom. The van der Waals surface area contributed by atoms with Gasteiger partial charge in [0.2, 0.25) is 0 Å². The van der Waals surface area contributed by atoms with E-state index in [0.29, 0.717) is 5.02 Å². The summed E-state index contributed by atoms with van der Waals surface area (Å²) >= 11 is 5.82. The van der Waals surface area contributed by atoms with Crippen LogP contribution >= 0.6 is 11.6 Å². The Morgan fingerprint density at radius 3 is 2.47 bits per heavy atom. The first kappa shape index (κ1) is 12.1. The number of hydrogen-bond donors (Lipinski definition) is 1. The monoisotopic (exact) mass is 250 g/mol. The summed E-state index contributed by atoms with van der Waals surface area (Å²) in [6, 6.07) is 7.47. The number of nitrogens with zero attached hydrogens (tertiary/aromatic N) is 2. The minimum absolute atomic E-state index is 0.273. The minimum atomic E-state index is -0.669. The molecule has 0 aliphatic carbocycles. The number of benzene rings is 1. The second-order valence-electron chi connectivity index (χ2n) is 4.27. The molecule has 1 aromatic heterocycles. The highest BCUT2D eigenvalue weighted by Crippen LogP contribution is 2.24. The summed E-state index contributed by atoms with van der Waals surface area (Å²) in [5.74, 6) is 0. The predicted octanol–water partition coefficient (Wildman–Crippen LogP) is 3.20. The average molecular weight is 251 g/mol. The van der Waals surface area contributed by atoms with Crippen molar-refractivity contribution >= 4 is 11.6 Å². The molecule has 0 spiro atoms. The molecular formula is C13H15ClN2O. The molecule has 0 radical (unpaired) electrons. The van der Waals surface area contributed by atoms with Crippen molar-refractivity contribution in [2.75, 3.05) is 0 Å². The van der Waals surface area contributed by atoms with Gasteiger partial charge >= 0.3 is 0 Å². The molecule has 90 valence electrons. The van der Waals surface area contributed by atoms with E-state index in [1.54, 1.807) is 24.7 Å². The Morgan fingerprint density at radius 2 is 1.88 bits per heavy atom. The van der Waals surface area contributed by atoms with Crippen molar-refractivity contribution in [1.82, 2.24) is 9.55 Å². The fourth-order valence-corrected chi connectivity index (χ4v) is 1.90. The maximum atomic E-state index is 10.3. The fraction of sp³-hybridized carbons (Fsp3) is 0.308. The van der Waals surface area contributed by atoms with Crippen LogP contribution < -0.4 is 0 Å². The van der Waals surface area contributed by atoms with Crippen molar-refractivity contribution in [2.45, 2.75) is 26.0 Å². The summed E-state index contributed by atoms with van der Waals surface area (Å²) in [6.07, 6.45) is 2.76. The number of aliphatic hydroxyl groups is 1. The largest absolute Gasteiger partial charge is 0.382 e. The topological polar surface area (TPSA) is 38.0 Å². The lowest BCUT2D eigenvalue weighted by atomic mass is 10.1. The molecule has 1 N–H and O–H groups in total. The molecule has 1 atom stereocenters. The standard InChI is InChI=1S/C13H15ClN2O/c1-9(2)16-8-15-7-12(16)13(17)10-3-5-11(14)6-4-10/h3-9,13,17H,1-2H3. The number of aliphatic hydroxyl groups excluding tert-OH is 1. The summed E-state index contributed by atoms with van der Waals surface area (Å²) in [6.45, 7) is 4.11. The Balaban J connectivity index is 2.33. The Bertz CT molecular complexity index is 490. The van der Waals surface area contributed by atoms with Gasteiger partial charge in [0.25, 0.3) is 0 Å². The van der Waals surface area contributed by atoms with Crippen molar-refractivity contribution in [3.05, 3.63) is 53.1 Å². The molecular weight excluding hydrogens is 236 g/mol. The predicted molar refractivity (Wildman–Crippen MR) is 68.1 cm³/mol. The van der Waals surface area contributed by atoms with Crippen molar-refractivity contribution in [3.8, 4) is 0 Å². The van der Waals surface area contributed by atoms with Gasteiger partial charge in [-0.25, -0.2) is 4.98 Å². The first-order chi connectivity index (χ1) is 8.09. The zero-order valence-corrected chi connectivity index (χ0v) is 10.6. The minimum Gasteiger partial charge on any atom is -0.382 e. The van der Waals surface area contributed by atoms with Crippen molar-refractivity contribution in [1.29, 1.82) is 0 Å². The molecule has 0 bridgehead atoms. The summed E-state index contributed by atoms with van der Waals surface area (Å²) in [7, 11) is 0. The van der Waals surface area contributed by atoms with Crippen LogP contribution in [-0.4, -0.2) is 14.7 Å². The van der Waals surface area contributed by atoms with E-state index in [-0.39, 0.29) is 6.04 Å². The first-order valence-corrected chi connectivity index (χ1v) is 5.92. The number of aromatic nitrogens is 2. The lowest BCUT2D eigenvalue weighted by Gasteiger charge is -2.16. The zero-order chi connectivity index (χ0) is 12.4. The van der Waals surface area contributed by atoms with E-state index in [4.69, 9.17) is 11.6 Å². The number of halogens is 1. The van der Waals surface area contributed by atoms with E-state index in [0.717, 1.165) is 11.3 Å². The molecule has 1 unspecified atom stereocenters. The summed E-state index contributed by atoms with van der Waals surface area (Å²) < 4.78 is 1.96. The Kier molecular flexibility index (Phi) is 3.50. The molecule has 1 heterocycles. The van der Waals surface area contributed by atoms with Crippen LogP contribution in [0.25, 0.3) is 0 Å². The molecule has 1 aromatic carbocycles. The van der Waals surface area contributed by atoms with Crippen LogP contribution in [0.4, 0.5) is 0 Å². The quantitative estimate of drug-likeness (QED) is 0.909. The van der Waals surface area contributed by atoms with E-state index in [9.17, 15) is 5.11 Å². The van der Waals surface area contributed by atoms with E-state index in [1.165, 1.54) is 0 Å². The van der Waals surface area contributed by atoms with Gasteiger partial charge in [-0.2, -0.15) is 0 Å². The maximum absolute atomic E-state index is 10.3. The van der Waals surface area contributed by atoms with Crippen LogP contribution in [0.5, 0.6) is 0 Å². The third-order valence-electron chi connectivity index (χ3n) is 2.72. The van der Waals surface area contributed by atoms with Gasteiger partial charge in [0.05, 0.1) is 18.2 Å². The Hall–Kier alpha value is -1.32. The maximum Gasteiger partial charge on any atom is 0.121 e. The molecule has 2 rings (SSSR count). The molecule has 0 amide bonds. The van der Waals surface area contributed by atoms with E-state index in [1.807, 2.05) is 16.7 Å². The zero-order valence-electron chi connectivity index (χ0n) is 9.84. The number of hydrogen-bond acceptors (Lipinski definition) is 2. The molecule has 0 fully saturated rings. The van der Waals surface area contributed by atoms with Gasteiger partial charge in [-0.1, -0.05) is 23.7 Å². The van der Waals surface area contributed by atoms with E-state index < -0.39 is 6.10 Å². The Labute approximate surface area is 106 Å². The molecule has 0 aliphatic heterocycles.